The number of fused-ring (bicyclic) bond motifs is 5. The van der Waals surface area contributed by atoms with E-state index in [1.165, 1.54) is 12.3 Å². The molecule has 0 radical (unpaired) electrons. The van der Waals surface area contributed by atoms with Crippen LogP contribution in [0.5, 0.6) is 0 Å². The van der Waals surface area contributed by atoms with Crippen LogP contribution >= 0.6 is 0 Å². The van der Waals surface area contributed by atoms with Gasteiger partial charge in [-0.3, -0.25) is 4.79 Å². The molecule has 34 heavy (non-hydrogen) atoms. The van der Waals surface area contributed by atoms with Gasteiger partial charge in [0.05, 0.1) is 11.2 Å². The van der Waals surface area contributed by atoms with Gasteiger partial charge in [0.2, 0.25) is 5.43 Å². The van der Waals surface area contributed by atoms with Crippen LogP contribution in [-0.2, 0) is 11.2 Å². The molecular weight excluding hydrogens is 462 g/mol. The molecule has 184 valence electrons. The molecule has 0 unspecified atom stereocenters. The number of aromatic carboxylic acids is 1. The molecule has 1 saturated heterocycles. The van der Waals surface area contributed by atoms with Gasteiger partial charge in [0.15, 0.2) is 0 Å². The van der Waals surface area contributed by atoms with Crippen LogP contribution in [0.15, 0.2) is 17.1 Å². The number of halogens is 4. The standard InChI is InChI=1S/C20H22FN3O3.C2HF3O2/c21-16-7-14-17(24(11-4-5-11)9-15(19(14)25)20(26)27)13-3-1-2-12-6-10(22)8-23(12)18(13)16;3-2(4,5)1(6)7/h7,9-12H,1-6,8,22H2,(H,26,27);(H,6,7)/t10-,12+;/m1./s1. The molecule has 1 saturated carbocycles. The van der Waals surface area contributed by atoms with Crippen LogP contribution < -0.4 is 16.1 Å². The zero-order chi connectivity index (χ0) is 24.9. The van der Waals surface area contributed by atoms with Crippen molar-refractivity contribution in [2.75, 3.05) is 11.4 Å². The van der Waals surface area contributed by atoms with Gasteiger partial charge in [0, 0.05) is 41.8 Å². The highest BCUT2D eigenvalue weighted by Gasteiger charge is 2.38. The van der Waals surface area contributed by atoms with Crippen molar-refractivity contribution >= 4 is 28.5 Å². The fourth-order valence-corrected chi connectivity index (χ4v) is 4.91. The van der Waals surface area contributed by atoms with Crippen LogP contribution in [0.25, 0.3) is 10.9 Å². The molecule has 0 bridgehead atoms. The van der Waals surface area contributed by atoms with Crippen LogP contribution in [0.1, 0.15) is 54.1 Å². The van der Waals surface area contributed by atoms with Crippen LogP contribution in [0, 0.1) is 5.82 Å². The van der Waals surface area contributed by atoms with Gasteiger partial charge < -0.3 is 25.4 Å². The number of aliphatic carboxylic acids is 1. The number of pyridine rings is 1. The fourth-order valence-electron chi connectivity index (χ4n) is 4.91. The monoisotopic (exact) mass is 485 g/mol. The summed E-state index contributed by atoms with van der Waals surface area (Å²) in [6.07, 6.45) is 1.65. The van der Waals surface area contributed by atoms with Gasteiger partial charge >= 0.3 is 18.1 Å². The van der Waals surface area contributed by atoms with E-state index in [2.05, 4.69) is 4.90 Å². The maximum atomic E-state index is 15.2. The Kier molecular flexibility index (Phi) is 6.05. The highest BCUT2D eigenvalue weighted by molar-refractivity contribution is 5.95. The molecule has 0 amide bonds. The fraction of sp³-hybridized carbons (Fsp3) is 0.500. The highest BCUT2D eigenvalue weighted by atomic mass is 19.4. The predicted molar refractivity (Wildman–Crippen MR) is 114 cm³/mol. The first-order valence-corrected chi connectivity index (χ1v) is 10.9. The summed E-state index contributed by atoms with van der Waals surface area (Å²) < 4.78 is 48.9. The van der Waals surface area contributed by atoms with Crippen LogP contribution in [0.4, 0.5) is 23.2 Å². The lowest BCUT2D eigenvalue weighted by Gasteiger charge is -2.27. The number of carboxylic acid groups (broad SMARTS) is 2. The summed E-state index contributed by atoms with van der Waals surface area (Å²) in [5.74, 6) is -4.47. The molecule has 1 aromatic heterocycles. The summed E-state index contributed by atoms with van der Waals surface area (Å²) in [6.45, 7) is 0.612. The molecule has 5 rings (SSSR count). The maximum Gasteiger partial charge on any atom is 0.490 e. The molecule has 3 heterocycles. The van der Waals surface area contributed by atoms with E-state index in [1.807, 2.05) is 4.57 Å². The molecule has 8 nitrogen and oxygen atoms in total. The topological polar surface area (TPSA) is 126 Å². The number of nitrogens with zero attached hydrogens (tertiary/aromatic N) is 2. The molecule has 2 atom stereocenters. The second kappa shape index (κ2) is 8.57. The number of rotatable bonds is 2. The first kappa shape index (κ1) is 24.0. The van der Waals surface area contributed by atoms with E-state index in [1.54, 1.807) is 0 Å². The van der Waals surface area contributed by atoms with E-state index < -0.39 is 29.4 Å². The molecule has 1 aliphatic carbocycles. The molecule has 3 aliphatic rings. The third-order valence-corrected chi connectivity index (χ3v) is 6.45. The molecule has 2 fully saturated rings. The summed E-state index contributed by atoms with van der Waals surface area (Å²) >= 11 is 0. The smallest absolute Gasteiger partial charge is 0.477 e. The summed E-state index contributed by atoms with van der Waals surface area (Å²) in [7, 11) is 0. The molecule has 1 aromatic carbocycles. The molecule has 2 aromatic rings. The van der Waals surface area contributed by atoms with Crippen molar-refractivity contribution in [2.45, 2.75) is 62.8 Å². The maximum absolute atomic E-state index is 15.2. The van der Waals surface area contributed by atoms with E-state index in [4.69, 9.17) is 15.6 Å². The number of carboxylic acids is 2. The average molecular weight is 485 g/mol. The van der Waals surface area contributed by atoms with Crippen molar-refractivity contribution in [2.24, 2.45) is 5.73 Å². The minimum absolute atomic E-state index is 0.0241. The Bertz CT molecular complexity index is 1220. The van der Waals surface area contributed by atoms with Gasteiger partial charge in [-0.25, -0.2) is 14.0 Å². The second-order valence-electron chi connectivity index (χ2n) is 8.89. The van der Waals surface area contributed by atoms with Crippen molar-refractivity contribution in [3.63, 3.8) is 0 Å². The first-order chi connectivity index (χ1) is 15.9. The summed E-state index contributed by atoms with van der Waals surface area (Å²) in [5, 5.41) is 16.7. The number of aromatic nitrogens is 1. The van der Waals surface area contributed by atoms with Crippen molar-refractivity contribution in [1.82, 2.24) is 4.57 Å². The number of alkyl halides is 3. The normalized spacial score (nSPS) is 21.9. The highest BCUT2D eigenvalue weighted by Crippen LogP contribution is 2.43. The number of hydrogen-bond donors (Lipinski definition) is 3. The van der Waals surface area contributed by atoms with Crippen molar-refractivity contribution in [1.29, 1.82) is 0 Å². The lowest BCUT2D eigenvalue weighted by molar-refractivity contribution is -0.192. The van der Waals surface area contributed by atoms with E-state index >= 15 is 4.39 Å². The lowest BCUT2D eigenvalue weighted by Crippen LogP contribution is -2.31. The Morgan fingerprint density at radius 2 is 1.76 bits per heavy atom. The first-order valence-electron chi connectivity index (χ1n) is 10.9. The number of benzene rings is 1. The minimum Gasteiger partial charge on any atom is -0.477 e. The molecular formula is C22H23F4N3O5. The van der Waals surface area contributed by atoms with Gasteiger partial charge in [-0.15, -0.1) is 0 Å². The summed E-state index contributed by atoms with van der Waals surface area (Å²) in [4.78, 5) is 35.3. The Balaban J connectivity index is 0.000000344. The number of nitrogens with two attached hydrogens (primary N) is 1. The second-order valence-corrected chi connectivity index (χ2v) is 8.89. The Morgan fingerprint density at radius 1 is 1.12 bits per heavy atom. The van der Waals surface area contributed by atoms with Crippen LogP contribution in [-0.4, -0.2) is 51.5 Å². The van der Waals surface area contributed by atoms with Gasteiger partial charge in [0.25, 0.3) is 0 Å². The number of hydrogen-bond acceptors (Lipinski definition) is 5. The third-order valence-electron chi connectivity index (χ3n) is 6.45. The van der Waals surface area contributed by atoms with Gasteiger partial charge in [-0.05, 0) is 44.6 Å². The van der Waals surface area contributed by atoms with Gasteiger partial charge in [-0.1, -0.05) is 0 Å². The van der Waals surface area contributed by atoms with Crippen LogP contribution in [0.2, 0.25) is 0 Å². The largest absolute Gasteiger partial charge is 0.490 e. The molecule has 2 aliphatic heterocycles. The number of anilines is 1. The van der Waals surface area contributed by atoms with Crippen molar-refractivity contribution in [3.05, 3.63) is 39.4 Å². The van der Waals surface area contributed by atoms with Crippen molar-refractivity contribution in [3.8, 4) is 0 Å². The summed E-state index contributed by atoms with van der Waals surface area (Å²) in [6, 6.07) is 1.68. The van der Waals surface area contributed by atoms with Gasteiger partial charge in [0.1, 0.15) is 11.4 Å². The van der Waals surface area contributed by atoms with Crippen molar-refractivity contribution < 1.29 is 37.4 Å². The van der Waals surface area contributed by atoms with E-state index in [0.717, 1.165) is 37.7 Å². The molecule has 0 spiro atoms. The van der Waals surface area contributed by atoms with Gasteiger partial charge in [-0.2, -0.15) is 13.2 Å². The molecule has 12 heteroatoms. The summed E-state index contributed by atoms with van der Waals surface area (Å²) in [5.41, 5.74) is 7.37. The Hall–Kier alpha value is -3.15. The Labute approximate surface area is 190 Å². The van der Waals surface area contributed by atoms with E-state index in [0.29, 0.717) is 24.2 Å². The Morgan fingerprint density at radius 3 is 2.32 bits per heavy atom. The van der Waals surface area contributed by atoms with E-state index in [9.17, 15) is 27.9 Å². The van der Waals surface area contributed by atoms with E-state index in [-0.39, 0.29) is 29.1 Å². The average Bonchev–Trinajstić information content (AvgIpc) is 3.53. The number of aryl methyl sites for hydroxylation is 1. The molecule has 4 N–H and O–H groups in total. The zero-order valence-electron chi connectivity index (χ0n) is 17.9. The third kappa shape index (κ3) is 4.33. The lowest BCUT2D eigenvalue weighted by atomic mass is 9.99. The minimum atomic E-state index is -5.08. The zero-order valence-corrected chi connectivity index (χ0v) is 17.9. The quantitative estimate of drug-likeness (QED) is 0.558. The van der Waals surface area contributed by atoms with Crippen LogP contribution in [0.3, 0.4) is 0 Å². The predicted octanol–water partition coefficient (Wildman–Crippen LogP) is 3.05. The number of carbonyl (C=O) groups is 2. The SMILES string of the molecule is N[C@@H]1C[C@@H]2CCCc3c(c(F)cc4c(=O)c(C(=O)O)cn(C5CC5)c34)N2C1.O=C(O)C(F)(F)F.